The lowest BCUT2D eigenvalue weighted by atomic mass is 10.2. The van der Waals surface area contributed by atoms with E-state index >= 15 is 0 Å². The van der Waals surface area contributed by atoms with Gasteiger partial charge in [0.25, 0.3) is 0 Å². The Morgan fingerprint density at radius 3 is 2.67 bits per heavy atom. The fourth-order valence-electron chi connectivity index (χ4n) is 1.25. The van der Waals surface area contributed by atoms with Gasteiger partial charge in [0.15, 0.2) is 0 Å². The Labute approximate surface area is 96.6 Å². The van der Waals surface area contributed by atoms with Crippen LogP contribution in [0.1, 0.15) is 27.2 Å². The molecule has 0 heterocycles. The molecule has 0 aliphatic carbocycles. The summed E-state index contributed by atoms with van der Waals surface area (Å²) in [6.45, 7) is 6.87. The summed E-state index contributed by atoms with van der Waals surface area (Å²) in [5.41, 5.74) is 1.04. The summed E-state index contributed by atoms with van der Waals surface area (Å²) in [4.78, 5) is 0. The predicted molar refractivity (Wildman–Crippen MR) is 66.0 cm³/mol. The van der Waals surface area contributed by atoms with Crippen LogP contribution in [0.3, 0.4) is 0 Å². The maximum absolute atomic E-state index is 6.07. The lowest BCUT2D eigenvalue weighted by Crippen LogP contribution is -2.13. The van der Waals surface area contributed by atoms with Gasteiger partial charge in [-0.3, -0.25) is 0 Å². The second kappa shape index (κ2) is 5.86. The highest BCUT2D eigenvalue weighted by Crippen LogP contribution is 2.27. The Morgan fingerprint density at radius 2 is 2.13 bits per heavy atom. The van der Waals surface area contributed by atoms with Crippen LogP contribution in [0.15, 0.2) is 18.2 Å². The molecule has 1 atom stereocenters. The molecular weight excluding hydrogens is 210 g/mol. The normalized spacial score (nSPS) is 12.3. The van der Waals surface area contributed by atoms with Crippen LogP contribution < -0.4 is 10.1 Å². The van der Waals surface area contributed by atoms with Gasteiger partial charge in [0.2, 0.25) is 0 Å². The molecule has 1 aromatic rings. The van der Waals surface area contributed by atoms with E-state index in [1.165, 1.54) is 0 Å². The molecule has 0 spiro atoms. The van der Waals surface area contributed by atoms with E-state index < -0.39 is 0 Å². The van der Waals surface area contributed by atoms with Gasteiger partial charge in [-0.15, -0.1) is 0 Å². The molecule has 0 aromatic heterocycles. The Kier molecular flexibility index (Phi) is 4.76. The second-order valence-electron chi connectivity index (χ2n) is 3.53. The molecule has 1 aromatic carbocycles. The summed E-state index contributed by atoms with van der Waals surface area (Å²) in [6, 6.07) is 6.25. The first-order chi connectivity index (χ1) is 7.17. The van der Waals surface area contributed by atoms with Gasteiger partial charge in [0.1, 0.15) is 5.75 Å². The van der Waals surface area contributed by atoms with Crippen molar-refractivity contribution in [2.45, 2.75) is 33.2 Å². The largest absolute Gasteiger partial charge is 0.492 e. The van der Waals surface area contributed by atoms with E-state index in [0.717, 1.165) is 17.9 Å². The predicted octanol–water partition coefficient (Wildman–Crippen LogP) is 3.95. The van der Waals surface area contributed by atoms with Crippen molar-refractivity contribution < 1.29 is 4.74 Å². The number of hydrogen-bond acceptors (Lipinski definition) is 2. The highest BCUT2D eigenvalue weighted by Gasteiger charge is 2.04. The monoisotopic (exact) mass is 227 g/mol. The standard InChI is InChI=1S/C12H18ClNO/c1-4-9(3)14-10-6-7-12(15-5-2)11(13)8-10/h6-9,14H,4-5H2,1-3H3. The smallest absolute Gasteiger partial charge is 0.138 e. The highest BCUT2D eigenvalue weighted by atomic mass is 35.5. The van der Waals surface area contributed by atoms with Gasteiger partial charge in [-0.2, -0.15) is 0 Å². The fraction of sp³-hybridized carbons (Fsp3) is 0.500. The molecule has 15 heavy (non-hydrogen) atoms. The highest BCUT2D eigenvalue weighted by molar-refractivity contribution is 6.32. The van der Waals surface area contributed by atoms with E-state index in [2.05, 4.69) is 19.2 Å². The third kappa shape index (κ3) is 3.63. The third-order valence-corrected chi connectivity index (χ3v) is 2.55. The number of halogens is 1. The third-order valence-electron chi connectivity index (χ3n) is 2.26. The van der Waals surface area contributed by atoms with Crippen molar-refractivity contribution in [1.29, 1.82) is 0 Å². The first-order valence-electron chi connectivity index (χ1n) is 5.36. The van der Waals surface area contributed by atoms with Crippen LogP contribution in [0.2, 0.25) is 5.02 Å². The van der Waals surface area contributed by atoms with Gasteiger partial charge in [-0.1, -0.05) is 18.5 Å². The maximum atomic E-state index is 6.07. The van der Waals surface area contributed by atoms with Crippen molar-refractivity contribution in [3.63, 3.8) is 0 Å². The van der Waals surface area contributed by atoms with E-state index in [-0.39, 0.29) is 0 Å². The Balaban J connectivity index is 2.73. The zero-order chi connectivity index (χ0) is 11.3. The molecule has 0 radical (unpaired) electrons. The van der Waals surface area contributed by atoms with E-state index in [1.54, 1.807) is 0 Å². The lowest BCUT2D eigenvalue weighted by molar-refractivity contribution is 0.340. The Bertz CT molecular complexity index is 314. The summed E-state index contributed by atoms with van der Waals surface area (Å²) in [6.07, 6.45) is 1.09. The average Bonchev–Trinajstić information content (AvgIpc) is 2.22. The van der Waals surface area contributed by atoms with Gasteiger partial charge in [0, 0.05) is 11.7 Å². The van der Waals surface area contributed by atoms with Gasteiger partial charge in [0.05, 0.1) is 11.6 Å². The molecule has 84 valence electrons. The SMILES string of the molecule is CCOc1ccc(NC(C)CC)cc1Cl. The van der Waals surface area contributed by atoms with Crippen LogP contribution in [0.25, 0.3) is 0 Å². The summed E-state index contributed by atoms with van der Waals surface area (Å²) >= 11 is 6.07. The zero-order valence-corrected chi connectivity index (χ0v) is 10.3. The van der Waals surface area contributed by atoms with Gasteiger partial charge in [-0.25, -0.2) is 0 Å². The minimum atomic E-state index is 0.457. The molecule has 0 amide bonds. The molecule has 0 aliphatic rings. The van der Waals surface area contributed by atoms with E-state index in [4.69, 9.17) is 16.3 Å². The molecule has 0 fully saturated rings. The summed E-state index contributed by atoms with van der Waals surface area (Å²) in [5, 5.41) is 4.02. The van der Waals surface area contributed by atoms with Crippen molar-refractivity contribution in [2.75, 3.05) is 11.9 Å². The molecule has 0 saturated carbocycles. The van der Waals surface area contributed by atoms with Crippen LogP contribution in [0, 0.1) is 0 Å². The molecule has 0 aliphatic heterocycles. The number of anilines is 1. The summed E-state index contributed by atoms with van der Waals surface area (Å²) in [7, 11) is 0. The van der Waals surface area contributed by atoms with Crippen molar-refractivity contribution in [2.24, 2.45) is 0 Å². The first-order valence-corrected chi connectivity index (χ1v) is 5.74. The number of ether oxygens (including phenoxy) is 1. The van der Waals surface area contributed by atoms with Gasteiger partial charge < -0.3 is 10.1 Å². The lowest BCUT2D eigenvalue weighted by Gasteiger charge is -2.14. The van der Waals surface area contributed by atoms with Gasteiger partial charge >= 0.3 is 0 Å². The van der Waals surface area contributed by atoms with Crippen molar-refractivity contribution in [1.82, 2.24) is 0 Å². The van der Waals surface area contributed by atoms with Crippen LogP contribution in [-0.2, 0) is 0 Å². The molecule has 1 rings (SSSR count). The van der Waals surface area contributed by atoms with Crippen LogP contribution >= 0.6 is 11.6 Å². The fourth-order valence-corrected chi connectivity index (χ4v) is 1.48. The van der Waals surface area contributed by atoms with Crippen LogP contribution in [-0.4, -0.2) is 12.6 Å². The molecule has 3 heteroatoms. The molecular formula is C12H18ClNO. The minimum absolute atomic E-state index is 0.457. The number of nitrogens with one attached hydrogen (secondary N) is 1. The second-order valence-corrected chi connectivity index (χ2v) is 3.94. The Morgan fingerprint density at radius 1 is 1.40 bits per heavy atom. The summed E-state index contributed by atoms with van der Waals surface area (Å²) in [5.74, 6) is 0.744. The van der Waals surface area contributed by atoms with E-state index in [9.17, 15) is 0 Å². The number of hydrogen-bond donors (Lipinski definition) is 1. The molecule has 0 bridgehead atoms. The molecule has 1 N–H and O–H groups in total. The van der Waals surface area contributed by atoms with Crippen molar-refractivity contribution >= 4 is 17.3 Å². The quantitative estimate of drug-likeness (QED) is 0.823. The molecule has 2 nitrogen and oxygen atoms in total. The molecule has 1 unspecified atom stereocenters. The van der Waals surface area contributed by atoms with E-state index in [1.807, 2.05) is 25.1 Å². The summed E-state index contributed by atoms with van der Waals surface area (Å²) < 4.78 is 5.36. The number of benzene rings is 1. The van der Waals surface area contributed by atoms with E-state index in [0.29, 0.717) is 17.7 Å². The van der Waals surface area contributed by atoms with Crippen LogP contribution in [0.5, 0.6) is 5.75 Å². The first kappa shape index (κ1) is 12.2. The average molecular weight is 228 g/mol. The van der Waals surface area contributed by atoms with Gasteiger partial charge in [-0.05, 0) is 38.5 Å². The number of rotatable bonds is 5. The zero-order valence-electron chi connectivity index (χ0n) is 9.51. The maximum Gasteiger partial charge on any atom is 0.138 e. The molecule has 0 saturated heterocycles. The Hall–Kier alpha value is -0.890. The minimum Gasteiger partial charge on any atom is -0.492 e. The van der Waals surface area contributed by atoms with Crippen molar-refractivity contribution in [3.8, 4) is 5.75 Å². The van der Waals surface area contributed by atoms with Crippen molar-refractivity contribution in [3.05, 3.63) is 23.2 Å². The van der Waals surface area contributed by atoms with Crippen LogP contribution in [0.4, 0.5) is 5.69 Å². The topological polar surface area (TPSA) is 21.3 Å².